The van der Waals surface area contributed by atoms with Crippen molar-refractivity contribution in [2.24, 2.45) is 0 Å². The first kappa shape index (κ1) is 18.0. The highest BCUT2D eigenvalue weighted by atomic mass is 16.4. The van der Waals surface area contributed by atoms with Crippen molar-refractivity contribution in [2.75, 3.05) is 6.54 Å². The van der Waals surface area contributed by atoms with Crippen LogP contribution in [0.2, 0.25) is 0 Å². The summed E-state index contributed by atoms with van der Waals surface area (Å²) >= 11 is 0. The fraction of sp³-hybridized carbons (Fsp3) is 0.500. The molecule has 1 aromatic rings. The molecule has 0 aliphatic heterocycles. The summed E-state index contributed by atoms with van der Waals surface area (Å²) in [6, 6.07) is 7.22. The van der Waals surface area contributed by atoms with Crippen molar-refractivity contribution in [1.29, 1.82) is 0 Å². The highest BCUT2D eigenvalue weighted by Crippen LogP contribution is 2.31. The summed E-state index contributed by atoms with van der Waals surface area (Å²) in [5.41, 5.74) is 0.427. The number of carboxylic acids is 1. The van der Waals surface area contributed by atoms with E-state index in [1.807, 2.05) is 12.1 Å². The molecule has 2 amide bonds. The second-order valence-corrected chi connectivity index (χ2v) is 7.30. The first-order valence-corrected chi connectivity index (χ1v) is 8.07. The molecular formula is C18H24N2O4. The van der Waals surface area contributed by atoms with Gasteiger partial charge in [0, 0.05) is 5.56 Å². The third-order valence-electron chi connectivity index (χ3n) is 4.42. The number of hydrogen-bond acceptors (Lipinski definition) is 3. The summed E-state index contributed by atoms with van der Waals surface area (Å²) in [6.45, 7) is 6.02. The third-order valence-corrected chi connectivity index (χ3v) is 4.42. The highest BCUT2D eigenvalue weighted by Gasteiger charge is 2.45. The van der Waals surface area contributed by atoms with Gasteiger partial charge in [0.15, 0.2) is 0 Å². The van der Waals surface area contributed by atoms with Gasteiger partial charge in [0.2, 0.25) is 5.91 Å². The lowest BCUT2D eigenvalue weighted by molar-refractivity contribution is -0.151. The molecule has 6 nitrogen and oxygen atoms in total. The van der Waals surface area contributed by atoms with Crippen LogP contribution >= 0.6 is 0 Å². The average molecular weight is 332 g/mol. The van der Waals surface area contributed by atoms with Crippen LogP contribution in [0.25, 0.3) is 0 Å². The van der Waals surface area contributed by atoms with E-state index in [0.29, 0.717) is 18.4 Å². The molecule has 2 rings (SSSR count). The first-order chi connectivity index (χ1) is 11.1. The van der Waals surface area contributed by atoms with Crippen LogP contribution in [0.5, 0.6) is 0 Å². The second kappa shape index (κ2) is 6.63. The van der Waals surface area contributed by atoms with Gasteiger partial charge in [0.1, 0.15) is 5.54 Å². The molecule has 0 spiro atoms. The maximum atomic E-state index is 12.1. The summed E-state index contributed by atoms with van der Waals surface area (Å²) < 4.78 is 0. The zero-order chi connectivity index (χ0) is 18.0. The molecule has 1 aliphatic rings. The zero-order valence-corrected chi connectivity index (χ0v) is 14.3. The van der Waals surface area contributed by atoms with Crippen LogP contribution in [0.4, 0.5) is 0 Å². The van der Waals surface area contributed by atoms with Crippen molar-refractivity contribution in [1.82, 2.24) is 10.6 Å². The number of carboxylic acid groups (broad SMARTS) is 1. The van der Waals surface area contributed by atoms with Crippen molar-refractivity contribution >= 4 is 17.8 Å². The number of aliphatic carboxylic acids is 1. The van der Waals surface area contributed by atoms with Crippen LogP contribution in [0.3, 0.4) is 0 Å². The Hall–Kier alpha value is -2.37. The van der Waals surface area contributed by atoms with E-state index in [2.05, 4.69) is 31.4 Å². The maximum Gasteiger partial charge on any atom is 0.329 e. The lowest BCUT2D eigenvalue weighted by atomic mass is 9.77. The van der Waals surface area contributed by atoms with Crippen LogP contribution in [-0.4, -0.2) is 35.0 Å². The van der Waals surface area contributed by atoms with Gasteiger partial charge in [-0.15, -0.1) is 0 Å². The molecule has 3 N–H and O–H groups in total. The third kappa shape index (κ3) is 3.93. The normalized spacial score (nSPS) is 16.0. The zero-order valence-electron chi connectivity index (χ0n) is 14.3. The van der Waals surface area contributed by atoms with Crippen LogP contribution in [0, 0.1) is 0 Å². The minimum Gasteiger partial charge on any atom is -0.480 e. The van der Waals surface area contributed by atoms with Gasteiger partial charge in [-0.1, -0.05) is 32.9 Å². The van der Waals surface area contributed by atoms with Crippen molar-refractivity contribution in [3.8, 4) is 0 Å². The number of carbonyl (C=O) groups is 3. The molecule has 0 heterocycles. The van der Waals surface area contributed by atoms with E-state index < -0.39 is 17.4 Å². The van der Waals surface area contributed by atoms with E-state index in [1.54, 1.807) is 12.1 Å². The molecular weight excluding hydrogens is 308 g/mol. The minimum absolute atomic E-state index is 0.00279. The smallest absolute Gasteiger partial charge is 0.329 e. The van der Waals surface area contributed by atoms with E-state index in [1.165, 1.54) is 0 Å². The Morgan fingerprint density at radius 2 is 1.71 bits per heavy atom. The molecule has 1 saturated carbocycles. The van der Waals surface area contributed by atoms with Gasteiger partial charge in [-0.3, -0.25) is 9.59 Å². The molecule has 1 fully saturated rings. The SMILES string of the molecule is CC(C)(C)c1ccc(C(=O)NCC(=O)NC2(C(=O)O)CCC2)cc1. The Labute approximate surface area is 141 Å². The quantitative estimate of drug-likeness (QED) is 0.766. The largest absolute Gasteiger partial charge is 0.480 e. The molecule has 0 aromatic heterocycles. The van der Waals surface area contributed by atoms with Crippen LogP contribution in [-0.2, 0) is 15.0 Å². The molecule has 0 atom stereocenters. The molecule has 0 saturated heterocycles. The Balaban J connectivity index is 1.89. The first-order valence-electron chi connectivity index (χ1n) is 8.07. The number of nitrogens with one attached hydrogen (secondary N) is 2. The topological polar surface area (TPSA) is 95.5 Å². The van der Waals surface area contributed by atoms with Crippen LogP contribution in [0.1, 0.15) is 56.0 Å². The van der Waals surface area contributed by atoms with Gasteiger partial charge in [0.05, 0.1) is 6.54 Å². The Morgan fingerprint density at radius 3 is 2.12 bits per heavy atom. The van der Waals surface area contributed by atoms with Gasteiger partial charge in [-0.2, -0.15) is 0 Å². The van der Waals surface area contributed by atoms with E-state index in [9.17, 15) is 19.5 Å². The molecule has 0 radical (unpaired) electrons. The summed E-state index contributed by atoms with van der Waals surface area (Å²) in [4.78, 5) is 35.2. The predicted octanol–water partition coefficient (Wildman–Crippen LogP) is 1.84. The number of rotatable bonds is 5. The number of carbonyl (C=O) groups excluding carboxylic acids is 2. The number of hydrogen-bond donors (Lipinski definition) is 3. The molecule has 6 heteroatoms. The Bertz CT molecular complexity index is 640. The molecule has 1 aliphatic carbocycles. The number of amides is 2. The highest BCUT2D eigenvalue weighted by molar-refractivity contribution is 5.97. The summed E-state index contributed by atoms with van der Waals surface area (Å²) in [7, 11) is 0. The monoisotopic (exact) mass is 332 g/mol. The van der Waals surface area contributed by atoms with Crippen molar-refractivity contribution in [3.05, 3.63) is 35.4 Å². The molecule has 130 valence electrons. The molecule has 1 aromatic carbocycles. The Kier molecular flexibility index (Phi) is 4.96. The summed E-state index contributed by atoms with van der Waals surface area (Å²) in [5, 5.41) is 14.2. The lowest BCUT2D eigenvalue weighted by Gasteiger charge is -2.38. The summed E-state index contributed by atoms with van der Waals surface area (Å²) in [5.74, 6) is -1.87. The molecule has 0 unspecified atom stereocenters. The maximum absolute atomic E-state index is 12.1. The van der Waals surface area contributed by atoms with E-state index >= 15 is 0 Å². The Morgan fingerprint density at radius 1 is 1.12 bits per heavy atom. The predicted molar refractivity (Wildman–Crippen MR) is 89.8 cm³/mol. The average Bonchev–Trinajstić information content (AvgIpc) is 2.47. The fourth-order valence-corrected chi connectivity index (χ4v) is 2.62. The van der Waals surface area contributed by atoms with Gasteiger partial charge >= 0.3 is 5.97 Å². The summed E-state index contributed by atoms with van der Waals surface area (Å²) in [6.07, 6.45) is 1.63. The van der Waals surface area contributed by atoms with Crippen LogP contribution in [0.15, 0.2) is 24.3 Å². The minimum atomic E-state index is -1.16. The molecule has 0 bridgehead atoms. The van der Waals surface area contributed by atoms with Crippen molar-refractivity contribution in [2.45, 2.75) is 51.0 Å². The van der Waals surface area contributed by atoms with Gasteiger partial charge in [-0.25, -0.2) is 4.79 Å². The van der Waals surface area contributed by atoms with Gasteiger partial charge < -0.3 is 15.7 Å². The van der Waals surface area contributed by atoms with E-state index in [4.69, 9.17) is 0 Å². The van der Waals surface area contributed by atoms with Gasteiger partial charge in [-0.05, 0) is 42.4 Å². The molecule has 24 heavy (non-hydrogen) atoms. The van der Waals surface area contributed by atoms with Crippen molar-refractivity contribution < 1.29 is 19.5 Å². The van der Waals surface area contributed by atoms with Gasteiger partial charge in [0.25, 0.3) is 5.91 Å². The van der Waals surface area contributed by atoms with Crippen molar-refractivity contribution in [3.63, 3.8) is 0 Å². The second-order valence-electron chi connectivity index (χ2n) is 7.30. The van der Waals surface area contributed by atoms with Crippen LogP contribution < -0.4 is 10.6 Å². The van der Waals surface area contributed by atoms with E-state index in [0.717, 1.165) is 12.0 Å². The standard InChI is InChI=1S/C18H24N2O4/c1-17(2,3)13-7-5-12(6-8-13)15(22)19-11-14(21)20-18(16(23)24)9-4-10-18/h5-8H,4,9-11H2,1-3H3,(H,19,22)(H,20,21)(H,23,24). The van der Waals surface area contributed by atoms with E-state index in [-0.39, 0.29) is 17.9 Å². The number of benzene rings is 1. The lowest BCUT2D eigenvalue weighted by Crippen LogP contribution is -2.60. The fourth-order valence-electron chi connectivity index (χ4n) is 2.62.